The van der Waals surface area contributed by atoms with Gasteiger partial charge in [-0.15, -0.1) is 0 Å². The highest BCUT2D eigenvalue weighted by Crippen LogP contribution is 2.26. The maximum absolute atomic E-state index is 12.4. The zero-order valence-corrected chi connectivity index (χ0v) is 15.2. The Morgan fingerprint density at radius 3 is 2.82 bits per heavy atom. The third-order valence-electron chi connectivity index (χ3n) is 3.43. The summed E-state index contributed by atoms with van der Waals surface area (Å²) in [5.74, 6) is -0.113. The van der Waals surface area contributed by atoms with Crippen molar-refractivity contribution in [3.8, 4) is 0 Å². The monoisotopic (exact) mass is 470 g/mol. The van der Waals surface area contributed by atoms with Crippen LogP contribution in [0.25, 0.3) is 0 Å². The van der Waals surface area contributed by atoms with E-state index >= 15 is 0 Å². The molecule has 112 valence electrons. The highest BCUT2D eigenvalue weighted by atomic mass is 127. The first-order chi connectivity index (χ1) is 10.5. The highest BCUT2D eigenvalue weighted by molar-refractivity contribution is 14.1. The zero-order chi connectivity index (χ0) is 15.7. The van der Waals surface area contributed by atoms with Gasteiger partial charge in [-0.3, -0.25) is 9.59 Å². The molecule has 0 fully saturated rings. The molecule has 0 aromatic heterocycles. The second kappa shape index (κ2) is 6.37. The summed E-state index contributed by atoms with van der Waals surface area (Å²) in [5, 5.41) is 5.74. The molecule has 2 amide bonds. The SMILES string of the molecule is O=C1CCc2cc(NC(=O)c3cc(Br)ccc3I)ccc2N1. The van der Waals surface area contributed by atoms with Gasteiger partial charge in [0.2, 0.25) is 5.91 Å². The van der Waals surface area contributed by atoms with E-state index < -0.39 is 0 Å². The molecule has 0 radical (unpaired) electrons. The predicted octanol–water partition coefficient (Wildman–Crippen LogP) is 4.19. The van der Waals surface area contributed by atoms with Crippen molar-refractivity contribution in [1.82, 2.24) is 0 Å². The molecular formula is C16H12BrIN2O2. The first kappa shape index (κ1) is 15.5. The van der Waals surface area contributed by atoms with Crippen molar-refractivity contribution in [2.45, 2.75) is 12.8 Å². The molecule has 1 aliphatic heterocycles. The van der Waals surface area contributed by atoms with Crippen LogP contribution in [0.4, 0.5) is 11.4 Å². The fourth-order valence-corrected chi connectivity index (χ4v) is 3.27. The van der Waals surface area contributed by atoms with E-state index in [1.54, 1.807) is 12.1 Å². The fraction of sp³-hybridized carbons (Fsp3) is 0.125. The maximum atomic E-state index is 12.4. The third-order valence-corrected chi connectivity index (χ3v) is 4.87. The Kier molecular flexibility index (Phi) is 4.49. The summed E-state index contributed by atoms with van der Waals surface area (Å²) < 4.78 is 1.76. The molecule has 1 heterocycles. The van der Waals surface area contributed by atoms with Crippen molar-refractivity contribution in [3.05, 3.63) is 55.6 Å². The van der Waals surface area contributed by atoms with Gasteiger partial charge in [0.05, 0.1) is 5.56 Å². The molecule has 0 aliphatic carbocycles. The molecule has 0 atom stereocenters. The molecule has 0 bridgehead atoms. The predicted molar refractivity (Wildman–Crippen MR) is 98.2 cm³/mol. The quantitative estimate of drug-likeness (QED) is 0.646. The van der Waals surface area contributed by atoms with Crippen LogP contribution >= 0.6 is 38.5 Å². The minimum absolute atomic E-state index is 0.0352. The van der Waals surface area contributed by atoms with Crippen LogP contribution in [0.3, 0.4) is 0 Å². The number of aryl methyl sites for hydroxylation is 1. The van der Waals surface area contributed by atoms with Gasteiger partial charge in [-0.05, 0) is 71.0 Å². The Balaban J connectivity index is 1.83. The number of benzene rings is 2. The lowest BCUT2D eigenvalue weighted by Crippen LogP contribution is -2.19. The van der Waals surface area contributed by atoms with Crippen molar-refractivity contribution in [2.75, 3.05) is 10.6 Å². The number of hydrogen-bond donors (Lipinski definition) is 2. The minimum atomic E-state index is -0.148. The Morgan fingerprint density at radius 1 is 1.18 bits per heavy atom. The lowest BCUT2D eigenvalue weighted by Gasteiger charge is -2.18. The van der Waals surface area contributed by atoms with Crippen LogP contribution in [0.15, 0.2) is 40.9 Å². The van der Waals surface area contributed by atoms with Gasteiger partial charge in [0.1, 0.15) is 0 Å². The summed E-state index contributed by atoms with van der Waals surface area (Å²) in [5.41, 5.74) is 3.23. The van der Waals surface area contributed by atoms with Gasteiger partial charge in [0, 0.05) is 25.8 Å². The van der Waals surface area contributed by atoms with E-state index in [1.165, 1.54) is 0 Å². The van der Waals surface area contributed by atoms with Gasteiger partial charge in [-0.25, -0.2) is 0 Å². The Morgan fingerprint density at radius 2 is 2.00 bits per heavy atom. The van der Waals surface area contributed by atoms with Crippen LogP contribution in [0.2, 0.25) is 0 Å². The van der Waals surface area contributed by atoms with E-state index in [1.807, 2.05) is 24.3 Å². The second-order valence-electron chi connectivity index (χ2n) is 5.00. The van der Waals surface area contributed by atoms with Crippen molar-refractivity contribution in [2.24, 2.45) is 0 Å². The van der Waals surface area contributed by atoms with E-state index in [0.717, 1.165) is 25.0 Å². The average molecular weight is 471 g/mol. The highest BCUT2D eigenvalue weighted by Gasteiger charge is 2.16. The molecular weight excluding hydrogens is 459 g/mol. The number of fused-ring (bicyclic) bond motifs is 1. The number of anilines is 2. The standard InChI is InChI=1S/C16H12BrIN2O2/c17-10-2-4-13(18)12(8-10)16(22)19-11-3-5-14-9(7-11)1-6-15(21)20-14/h2-5,7-8H,1,6H2,(H,19,22)(H,20,21). The average Bonchev–Trinajstić information content (AvgIpc) is 2.49. The molecule has 0 saturated carbocycles. The van der Waals surface area contributed by atoms with E-state index in [0.29, 0.717) is 18.4 Å². The van der Waals surface area contributed by atoms with Gasteiger partial charge in [-0.2, -0.15) is 0 Å². The minimum Gasteiger partial charge on any atom is -0.326 e. The Bertz CT molecular complexity index is 777. The molecule has 2 aromatic carbocycles. The molecule has 6 heteroatoms. The normalized spacial score (nSPS) is 13.3. The topological polar surface area (TPSA) is 58.2 Å². The zero-order valence-electron chi connectivity index (χ0n) is 11.5. The number of amides is 2. The second-order valence-corrected chi connectivity index (χ2v) is 7.08. The van der Waals surface area contributed by atoms with Crippen molar-refractivity contribution in [3.63, 3.8) is 0 Å². The van der Waals surface area contributed by atoms with E-state index in [-0.39, 0.29) is 11.8 Å². The van der Waals surface area contributed by atoms with Crippen molar-refractivity contribution < 1.29 is 9.59 Å². The molecule has 0 spiro atoms. The van der Waals surface area contributed by atoms with Crippen LogP contribution in [-0.4, -0.2) is 11.8 Å². The first-order valence-corrected chi connectivity index (χ1v) is 8.59. The molecule has 4 nitrogen and oxygen atoms in total. The van der Waals surface area contributed by atoms with E-state index in [9.17, 15) is 9.59 Å². The van der Waals surface area contributed by atoms with Crippen LogP contribution < -0.4 is 10.6 Å². The first-order valence-electron chi connectivity index (χ1n) is 6.72. The lowest BCUT2D eigenvalue weighted by atomic mass is 10.0. The summed E-state index contributed by atoms with van der Waals surface area (Å²) in [7, 11) is 0. The van der Waals surface area contributed by atoms with Crippen LogP contribution in [-0.2, 0) is 11.2 Å². The molecule has 3 rings (SSSR count). The number of nitrogens with one attached hydrogen (secondary N) is 2. The van der Waals surface area contributed by atoms with Crippen molar-refractivity contribution >= 4 is 61.7 Å². The van der Waals surface area contributed by atoms with E-state index in [4.69, 9.17) is 0 Å². The summed E-state index contributed by atoms with van der Waals surface area (Å²) in [6.45, 7) is 0. The van der Waals surface area contributed by atoms with Crippen LogP contribution in [0, 0.1) is 3.57 Å². The van der Waals surface area contributed by atoms with Crippen LogP contribution in [0.1, 0.15) is 22.3 Å². The molecule has 22 heavy (non-hydrogen) atoms. The number of halogens is 2. The third kappa shape index (κ3) is 3.33. The number of hydrogen-bond acceptors (Lipinski definition) is 2. The lowest BCUT2D eigenvalue weighted by molar-refractivity contribution is -0.116. The van der Waals surface area contributed by atoms with Gasteiger partial charge >= 0.3 is 0 Å². The molecule has 1 aliphatic rings. The Labute approximate surface area is 149 Å². The molecule has 2 aromatic rings. The number of carbonyl (C=O) groups is 2. The van der Waals surface area contributed by atoms with Crippen molar-refractivity contribution in [1.29, 1.82) is 0 Å². The number of carbonyl (C=O) groups excluding carboxylic acids is 2. The number of rotatable bonds is 2. The molecule has 0 saturated heterocycles. The summed E-state index contributed by atoms with van der Waals surface area (Å²) in [6, 6.07) is 11.1. The fourth-order valence-electron chi connectivity index (χ4n) is 2.33. The smallest absolute Gasteiger partial charge is 0.256 e. The molecule has 0 unspecified atom stereocenters. The summed E-state index contributed by atoms with van der Waals surface area (Å²) in [6.07, 6.45) is 1.17. The van der Waals surface area contributed by atoms with Crippen LogP contribution in [0.5, 0.6) is 0 Å². The van der Waals surface area contributed by atoms with Gasteiger partial charge < -0.3 is 10.6 Å². The maximum Gasteiger partial charge on any atom is 0.256 e. The Hall–Kier alpha value is -1.41. The van der Waals surface area contributed by atoms with E-state index in [2.05, 4.69) is 49.2 Å². The summed E-state index contributed by atoms with van der Waals surface area (Å²) >= 11 is 5.52. The van der Waals surface area contributed by atoms with Gasteiger partial charge in [-0.1, -0.05) is 15.9 Å². The van der Waals surface area contributed by atoms with Gasteiger partial charge in [0.15, 0.2) is 0 Å². The summed E-state index contributed by atoms with van der Waals surface area (Å²) in [4.78, 5) is 23.8. The van der Waals surface area contributed by atoms with Gasteiger partial charge in [0.25, 0.3) is 5.91 Å². The molecule has 2 N–H and O–H groups in total. The largest absolute Gasteiger partial charge is 0.326 e.